The van der Waals surface area contributed by atoms with Crippen molar-refractivity contribution < 1.29 is 13.5 Å². The van der Waals surface area contributed by atoms with Crippen molar-refractivity contribution in [3.63, 3.8) is 0 Å². The van der Waals surface area contributed by atoms with Crippen molar-refractivity contribution in [3.8, 4) is 5.75 Å². The van der Waals surface area contributed by atoms with E-state index in [9.17, 15) is 13.5 Å². The monoisotopic (exact) mass is 464 g/mol. The molecule has 1 aliphatic rings. The number of nitrogens with zero attached hydrogens (tertiary/aromatic N) is 2. The van der Waals surface area contributed by atoms with E-state index in [0.29, 0.717) is 26.2 Å². The van der Waals surface area contributed by atoms with Gasteiger partial charge in [0, 0.05) is 41.4 Å². The van der Waals surface area contributed by atoms with Gasteiger partial charge in [-0.1, -0.05) is 39.1 Å². The second-order valence-electron chi connectivity index (χ2n) is 5.60. The highest BCUT2D eigenvalue weighted by Crippen LogP contribution is 2.36. The van der Waals surface area contributed by atoms with Crippen LogP contribution in [-0.4, -0.2) is 44.0 Å². The van der Waals surface area contributed by atoms with E-state index in [1.54, 1.807) is 0 Å². The van der Waals surface area contributed by atoms with E-state index in [-0.39, 0.29) is 14.9 Å². The van der Waals surface area contributed by atoms with Gasteiger partial charge in [0.25, 0.3) is 0 Å². The molecule has 0 saturated carbocycles. The highest BCUT2D eigenvalue weighted by molar-refractivity contribution is 9.10. The Hall–Kier alpha value is -0.990. The zero-order valence-electron chi connectivity index (χ0n) is 13.0. The first kappa shape index (κ1) is 18.8. The Labute approximate surface area is 164 Å². The third-order valence-corrected chi connectivity index (χ3v) is 6.99. The quantitative estimate of drug-likeness (QED) is 0.744. The summed E-state index contributed by atoms with van der Waals surface area (Å²) in [6.07, 6.45) is 0. The largest absolute Gasteiger partial charge is 0.505 e. The summed E-state index contributed by atoms with van der Waals surface area (Å²) in [6, 6.07) is 10.4. The maximum atomic E-state index is 12.8. The molecule has 0 amide bonds. The first-order valence-electron chi connectivity index (χ1n) is 7.48. The molecule has 134 valence electrons. The van der Waals surface area contributed by atoms with Crippen LogP contribution in [0, 0.1) is 0 Å². The Balaban J connectivity index is 1.79. The fourth-order valence-corrected chi connectivity index (χ4v) is 5.15. The zero-order chi connectivity index (χ0) is 18.2. The zero-order valence-corrected chi connectivity index (χ0v) is 16.9. The van der Waals surface area contributed by atoms with Gasteiger partial charge in [-0.25, -0.2) is 8.42 Å². The van der Waals surface area contributed by atoms with Crippen molar-refractivity contribution in [1.82, 2.24) is 4.31 Å². The number of hydrogen-bond donors (Lipinski definition) is 1. The van der Waals surface area contributed by atoms with E-state index < -0.39 is 15.8 Å². The smallest absolute Gasteiger partial charge is 0.246 e. The molecule has 0 aromatic heterocycles. The fraction of sp³-hybridized carbons (Fsp3) is 0.250. The minimum absolute atomic E-state index is 0.0837. The van der Waals surface area contributed by atoms with Crippen molar-refractivity contribution in [2.24, 2.45) is 0 Å². The standard InChI is InChI=1S/C16H15BrCl2N2O3S/c17-11-1-3-13(4-2-11)20-5-7-21(8-6-20)25(23,24)15-10-12(18)9-14(19)16(15)22/h1-4,9-10,22H,5-8H2. The van der Waals surface area contributed by atoms with Crippen LogP contribution < -0.4 is 4.90 Å². The number of aromatic hydroxyl groups is 1. The van der Waals surface area contributed by atoms with Crippen molar-refractivity contribution in [1.29, 1.82) is 0 Å². The van der Waals surface area contributed by atoms with E-state index in [1.807, 2.05) is 24.3 Å². The lowest BCUT2D eigenvalue weighted by atomic mass is 10.2. The maximum Gasteiger partial charge on any atom is 0.246 e. The molecule has 0 atom stereocenters. The third kappa shape index (κ3) is 3.90. The van der Waals surface area contributed by atoms with Crippen LogP contribution in [0.15, 0.2) is 45.8 Å². The fourth-order valence-electron chi connectivity index (χ4n) is 2.72. The number of rotatable bonds is 3. The van der Waals surface area contributed by atoms with Gasteiger partial charge in [-0.3, -0.25) is 0 Å². The van der Waals surface area contributed by atoms with Crippen LogP contribution in [0.3, 0.4) is 0 Å². The third-order valence-electron chi connectivity index (χ3n) is 4.04. The molecule has 0 radical (unpaired) electrons. The van der Waals surface area contributed by atoms with Gasteiger partial charge in [-0.15, -0.1) is 0 Å². The van der Waals surface area contributed by atoms with Crippen molar-refractivity contribution in [3.05, 3.63) is 50.9 Å². The molecule has 0 aliphatic carbocycles. The Bertz CT molecular complexity index is 883. The summed E-state index contributed by atoms with van der Waals surface area (Å²) in [7, 11) is -3.87. The number of halogens is 3. The first-order valence-corrected chi connectivity index (χ1v) is 10.5. The van der Waals surface area contributed by atoms with Crippen LogP contribution in [0.1, 0.15) is 0 Å². The summed E-state index contributed by atoms with van der Waals surface area (Å²) in [4.78, 5) is 1.85. The molecular formula is C16H15BrCl2N2O3S. The summed E-state index contributed by atoms with van der Waals surface area (Å²) in [6.45, 7) is 1.72. The van der Waals surface area contributed by atoms with Gasteiger partial charge >= 0.3 is 0 Å². The number of sulfonamides is 1. The highest BCUT2D eigenvalue weighted by Gasteiger charge is 2.31. The molecule has 1 fully saturated rings. The van der Waals surface area contributed by atoms with Crippen LogP contribution in [0.5, 0.6) is 5.75 Å². The minimum Gasteiger partial charge on any atom is -0.505 e. The highest BCUT2D eigenvalue weighted by atomic mass is 79.9. The summed E-state index contributed by atoms with van der Waals surface area (Å²) < 4.78 is 28.0. The number of piperazine rings is 1. The van der Waals surface area contributed by atoms with E-state index in [0.717, 1.165) is 10.2 Å². The minimum atomic E-state index is -3.87. The molecule has 0 bridgehead atoms. The predicted octanol–water partition coefficient (Wildman–Crippen LogP) is 3.97. The average Bonchev–Trinajstić information content (AvgIpc) is 2.59. The van der Waals surface area contributed by atoms with Gasteiger partial charge in [0.2, 0.25) is 10.0 Å². The summed E-state index contributed by atoms with van der Waals surface area (Å²) in [5, 5.41) is 10.1. The van der Waals surface area contributed by atoms with Gasteiger partial charge < -0.3 is 10.0 Å². The molecule has 0 unspecified atom stereocenters. The topological polar surface area (TPSA) is 60.9 Å². The van der Waals surface area contributed by atoms with Crippen LogP contribution in [0.2, 0.25) is 10.0 Å². The van der Waals surface area contributed by atoms with Crippen molar-refractivity contribution in [2.45, 2.75) is 4.90 Å². The van der Waals surface area contributed by atoms with E-state index in [4.69, 9.17) is 23.2 Å². The second kappa shape index (κ2) is 7.32. The molecule has 1 heterocycles. The van der Waals surface area contributed by atoms with Crippen LogP contribution in [0.25, 0.3) is 0 Å². The second-order valence-corrected chi connectivity index (χ2v) is 9.27. The van der Waals surface area contributed by atoms with Crippen LogP contribution in [-0.2, 0) is 10.0 Å². The lowest BCUT2D eigenvalue weighted by molar-refractivity contribution is 0.380. The van der Waals surface area contributed by atoms with Gasteiger partial charge in [-0.2, -0.15) is 4.31 Å². The van der Waals surface area contributed by atoms with Crippen LogP contribution in [0.4, 0.5) is 5.69 Å². The molecule has 3 rings (SSSR count). The maximum absolute atomic E-state index is 12.8. The normalized spacial score (nSPS) is 16.2. The lowest BCUT2D eigenvalue weighted by Crippen LogP contribution is -2.48. The molecule has 2 aromatic carbocycles. The molecular weight excluding hydrogens is 451 g/mol. The summed E-state index contributed by atoms with van der Waals surface area (Å²) in [5.41, 5.74) is 1.04. The summed E-state index contributed by atoms with van der Waals surface area (Å²) >= 11 is 15.1. The summed E-state index contributed by atoms with van der Waals surface area (Å²) in [5.74, 6) is -0.471. The first-order chi connectivity index (χ1) is 11.8. The average molecular weight is 466 g/mol. The molecule has 1 saturated heterocycles. The molecule has 5 nitrogen and oxygen atoms in total. The SMILES string of the molecule is O=S(=O)(c1cc(Cl)cc(Cl)c1O)N1CCN(c2ccc(Br)cc2)CC1. The molecule has 2 aromatic rings. The Morgan fingerprint density at radius 3 is 2.20 bits per heavy atom. The molecule has 1 N–H and O–H groups in total. The number of anilines is 1. The molecule has 1 aliphatic heterocycles. The Morgan fingerprint density at radius 2 is 1.60 bits per heavy atom. The van der Waals surface area contributed by atoms with Gasteiger partial charge in [0.05, 0.1) is 5.02 Å². The van der Waals surface area contributed by atoms with E-state index in [1.165, 1.54) is 16.4 Å². The van der Waals surface area contributed by atoms with Gasteiger partial charge in [0.15, 0.2) is 5.75 Å². The van der Waals surface area contributed by atoms with Crippen LogP contribution >= 0.6 is 39.1 Å². The van der Waals surface area contributed by atoms with Gasteiger partial charge in [-0.05, 0) is 36.4 Å². The van der Waals surface area contributed by atoms with Gasteiger partial charge in [0.1, 0.15) is 4.90 Å². The number of phenols is 1. The molecule has 9 heteroatoms. The Morgan fingerprint density at radius 1 is 1.00 bits per heavy atom. The van der Waals surface area contributed by atoms with E-state index in [2.05, 4.69) is 20.8 Å². The van der Waals surface area contributed by atoms with Crippen molar-refractivity contribution >= 4 is 54.8 Å². The lowest BCUT2D eigenvalue weighted by Gasteiger charge is -2.35. The predicted molar refractivity (Wildman–Crippen MR) is 103 cm³/mol. The molecule has 0 spiro atoms. The Kier molecular flexibility index (Phi) is 5.51. The number of hydrogen-bond acceptors (Lipinski definition) is 4. The molecule has 25 heavy (non-hydrogen) atoms. The number of phenolic OH excluding ortho intramolecular Hbond substituents is 1. The number of benzene rings is 2. The van der Waals surface area contributed by atoms with Crippen molar-refractivity contribution in [2.75, 3.05) is 31.1 Å². The van der Waals surface area contributed by atoms with E-state index >= 15 is 0 Å².